The number of hydrogen-bond donors (Lipinski definition) is 2. The van der Waals surface area contributed by atoms with E-state index in [4.69, 9.17) is 5.73 Å². The monoisotopic (exact) mass is 187 g/mol. The molecule has 0 saturated carbocycles. The van der Waals surface area contributed by atoms with Gasteiger partial charge in [0.15, 0.2) is 0 Å². The fraction of sp³-hybridized carbons (Fsp3) is 1.00. The van der Waals surface area contributed by atoms with Gasteiger partial charge in [-0.15, -0.1) is 0 Å². The van der Waals surface area contributed by atoms with Gasteiger partial charge in [-0.3, -0.25) is 0 Å². The zero-order chi connectivity index (χ0) is 9.94. The molecule has 13 heavy (non-hydrogen) atoms. The molecule has 80 valence electrons. The minimum Gasteiger partial charge on any atom is -0.330 e. The van der Waals surface area contributed by atoms with Gasteiger partial charge in [-0.1, -0.05) is 12.8 Å². The van der Waals surface area contributed by atoms with Crippen LogP contribution in [0.25, 0.3) is 0 Å². The van der Waals surface area contributed by atoms with Crippen LogP contribution in [0.2, 0.25) is 0 Å². The van der Waals surface area contributed by atoms with E-state index in [1.54, 1.807) is 0 Å². The fourth-order valence-electron chi connectivity index (χ4n) is 1.29. The molecule has 0 bridgehead atoms. The standard InChI is InChI=1S/C10H25N3/c1-12-8-10-13(2)9-6-4-3-5-7-11/h12H,3-11H2,1-2H3. The number of rotatable bonds is 9. The Labute approximate surface area is 82.7 Å². The second-order valence-electron chi connectivity index (χ2n) is 3.61. The zero-order valence-corrected chi connectivity index (χ0v) is 9.18. The first-order valence-electron chi connectivity index (χ1n) is 5.34. The molecule has 0 heterocycles. The molecule has 0 aromatic carbocycles. The summed E-state index contributed by atoms with van der Waals surface area (Å²) in [5, 5.41) is 3.15. The van der Waals surface area contributed by atoms with Gasteiger partial charge < -0.3 is 16.0 Å². The van der Waals surface area contributed by atoms with Crippen LogP contribution in [0.4, 0.5) is 0 Å². The Morgan fingerprint density at radius 2 is 1.77 bits per heavy atom. The number of unbranched alkanes of at least 4 members (excludes halogenated alkanes) is 3. The molecule has 0 unspecified atom stereocenters. The van der Waals surface area contributed by atoms with E-state index in [-0.39, 0.29) is 0 Å². The number of nitrogens with zero attached hydrogens (tertiary/aromatic N) is 1. The first-order chi connectivity index (χ1) is 6.31. The largest absolute Gasteiger partial charge is 0.330 e. The number of nitrogens with two attached hydrogens (primary N) is 1. The minimum absolute atomic E-state index is 0.843. The molecule has 0 atom stereocenters. The lowest BCUT2D eigenvalue weighted by Crippen LogP contribution is -2.28. The minimum atomic E-state index is 0.843. The van der Waals surface area contributed by atoms with E-state index in [2.05, 4.69) is 17.3 Å². The number of hydrogen-bond acceptors (Lipinski definition) is 3. The Morgan fingerprint density at radius 3 is 2.38 bits per heavy atom. The van der Waals surface area contributed by atoms with Crippen LogP contribution in [-0.4, -0.2) is 45.2 Å². The summed E-state index contributed by atoms with van der Waals surface area (Å²) in [7, 11) is 4.18. The molecular weight excluding hydrogens is 162 g/mol. The molecule has 0 rings (SSSR count). The van der Waals surface area contributed by atoms with E-state index < -0.39 is 0 Å². The first-order valence-corrected chi connectivity index (χ1v) is 5.34. The summed E-state index contributed by atoms with van der Waals surface area (Å²) >= 11 is 0. The van der Waals surface area contributed by atoms with Gasteiger partial charge in [0.2, 0.25) is 0 Å². The average molecular weight is 187 g/mol. The lowest BCUT2D eigenvalue weighted by Gasteiger charge is -2.15. The van der Waals surface area contributed by atoms with Gasteiger partial charge in [0.1, 0.15) is 0 Å². The van der Waals surface area contributed by atoms with E-state index in [0.29, 0.717) is 0 Å². The van der Waals surface area contributed by atoms with Crippen molar-refractivity contribution in [1.29, 1.82) is 0 Å². The Hall–Kier alpha value is -0.120. The topological polar surface area (TPSA) is 41.3 Å². The van der Waals surface area contributed by atoms with Crippen LogP contribution in [-0.2, 0) is 0 Å². The van der Waals surface area contributed by atoms with E-state index in [9.17, 15) is 0 Å². The molecule has 0 radical (unpaired) electrons. The smallest absolute Gasteiger partial charge is 0.0104 e. The zero-order valence-electron chi connectivity index (χ0n) is 9.18. The van der Waals surface area contributed by atoms with Crippen LogP contribution in [0.15, 0.2) is 0 Å². The van der Waals surface area contributed by atoms with Crippen molar-refractivity contribution >= 4 is 0 Å². The molecule has 0 spiro atoms. The summed E-state index contributed by atoms with van der Waals surface area (Å²) in [4.78, 5) is 2.37. The van der Waals surface area contributed by atoms with Crippen molar-refractivity contribution in [2.24, 2.45) is 5.73 Å². The summed E-state index contributed by atoms with van der Waals surface area (Å²) in [5.41, 5.74) is 5.42. The third-order valence-corrected chi connectivity index (χ3v) is 2.24. The van der Waals surface area contributed by atoms with Crippen molar-refractivity contribution in [1.82, 2.24) is 10.2 Å². The lowest BCUT2D eigenvalue weighted by atomic mass is 10.2. The molecule has 0 aliphatic rings. The van der Waals surface area contributed by atoms with E-state index in [0.717, 1.165) is 19.6 Å². The highest BCUT2D eigenvalue weighted by molar-refractivity contribution is 4.53. The van der Waals surface area contributed by atoms with Crippen molar-refractivity contribution in [2.45, 2.75) is 25.7 Å². The van der Waals surface area contributed by atoms with Gasteiger partial charge in [-0.2, -0.15) is 0 Å². The van der Waals surface area contributed by atoms with Gasteiger partial charge >= 0.3 is 0 Å². The molecule has 0 aliphatic carbocycles. The molecular formula is C10H25N3. The maximum absolute atomic E-state index is 5.42. The number of likely N-dealkylation sites (N-methyl/N-ethyl adjacent to an activating group) is 2. The molecule has 0 aliphatic heterocycles. The highest BCUT2D eigenvalue weighted by Crippen LogP contribution is 1.99. The SMILES string of the molecule is CNCCN(C)CCCCCCN. The normalized spacial score (nSPS) is 11.1. The van der Waals surface area contributed by atoms with Crippen LogP contribution in [0, 0.1) is 0 Å². The predicted molar refractivity (Wildman–Crippen MR) is 58.9 cm³/mol. The first kappa shape index (κ1) is 12.9. The Balaban J connectivity index is 3.03. The van der Waals surface area contributed by atoms with Crippen LogP contribution in [0.3, 0.4) is 0 Å². The summed E-state index contributed by atoms with van der Waals surface area (Å²) in [6.07, 6.45) is 5.10. The lowest BCUT2D eigenvalue weighted by molar-refractivity contribution is 0.325. The van der Waals surface area contributed by atoms with Crippen molar-refractivity contribution in [3.63, 3.8) is 0 Å². The quantitative estimate of drug-likeness (QED) is 0.521. The summed E-state index contributed by atoms with van der Waals surface area (Å²) in [6.45, 7) is 4.29. The van der Waals surface area contributed by atoms with Crippen molar-refractivity contribution in [3.05, 3.63) is 0 Å². The Morgan fingerprint density at radius 1 is 1.08 bits per heavy atom. The predicted octanol–water partition coefficient (Wildman–Crippen LogP) is 0.657. The summed E-state index contributed by atoms with van der Waals surface area (Å²) < 4.78 is 0. The second-order valence-corrected chi connectivity index (χ2v) is 3.61. The van der Waals surface area contributed by atoms with Gasteiger partial charge in [-0.05, 0) is 40.0 Å². The molecule has 0 saturated heterocycles. The van der Waals surface area contributed by atoms with Crippen LogP contribution < -0.4 is 11.1 Å². The van der Waals surface area contributed by atoms with E-state index >= 15 is 0 Å². The van der Waals surface area contributed by atoms with Gasteiger partial charge in [0.25, 0.3) is 0 Å². The van der Waals surface area contributed by atoms with Gasteiger partial charge in [0.05, 0.1) is 0 Å². The van der Waals surface area contributed by atoms with Crippen molar-refractivity contribution < 1.29 is 0 Å². The number of nitrogens with one attached hydrogen (secondary N) is 1. The molecule has 0 aromatic rings. The summed E-state index contributed by atoms with van der Waals surface area (Å²) in [5.74, 6) is 0. The molecule has 3 N–H and O–H groups in total. The Bertz CT molecular complexity index is 96.2. The highest BCUT2D eigenvalue weighted by atomic mass is 15.1. The maximum atomic E-state index is 5.42. The third-order valence-electron chi connectivity index (χ3n) is 2.24. The van der Waals surface area contributed by atoms with Crippen LogP contribution in [0.5, 0.6) is 0 Å². The average Bonchev–Trinajstić information content (AvgIpc) is 2.14. The van der Waals surface area contributed by atoms with Gasteiger partial charge in [-0.25, -0.2) is 0 Å². The van der Waals surface area contributed by atoms with Crippen molar-refractivity contribution in [3.8, 4) is 0 Å². The highest BCUT2D eigenvalue weighted by Gasteiger charge is 1.96. The third kappa shape index (κ3) is 9.80. The molecule has 3 nitrogen and oxygen atoms in total. The molecule has 0 aromatic heterocycles. The molecule has 0 fully saturated rings. The molecule has 3 heteroatoms. The van der Waals surface area contributed by atoms with E-state index in [1.807, 2.05) is 7.05 Å². The maximum Gasteiger partial charge on any atom is 0.0104 e. The summed E-state index contributed by atoms with van der Waals surface area (Å²) in [6, 6.07) is 0. The fourth-order valence-corrected chi connectivity index (χ4v) is 1.29. The second kappa shape index (κ2) is 9.96. The molecule has 0 amide bonds. The van der Waals surface area contributed by atoms with Crippen LogP contribution in [0.1, 0.15) is 25.7 Å². The van der Waals surface area contributed by atoms with E-state index in [1.165, 1.54) is 32.2 Å². The Kier molecular flexibility index (Phi) is 9.87. The van der Waals surface area contributed by atoms with Gasteiger partial charge in [0, 0.05) is 13.1 Å². The van der Waals surface area contributed by atoms with Crippen molar-refractivity contribution in [2.75, 3.05) is 40.3 Å². The van der Waals surface area contributed by atoms with Crippen LogP contribution >= 0.6 is 0 Å².